The molecule has 1 atom stereocenters. The summed E-state index contributed by atoms with van der Waals surface area (Å²) in [6.07, 6.45) is 2.77. The van der Waals surface area contributed by atoms with Gasteiger partial charge >= 0.3 is 0 Å². The van der Waals surface area contributed by atoms with E-state index in [-0.39, 0.29) is 6.04 Å². The zero-order chi connectivity index (χ0) is 13.9. The number of thiazole rings is 1. The van der Waals surface area contributed by atoms with Gasteiger partial charge in [0, 0.05) is 18.3 Å². The molecule has 3 rings (SSSR count). The monoisotopic (exact) mass is 283 g/mol. The van der Waals surface area contributed by atoms with Crippen molar-refractivity contribution >= 4 is 21.6 Å². The molecule has 4 heteroatoms. The Labute approximate surface area is 122 Å². The molecule has 3 aromatic rings. The van der Waals surface area contributed by atoms with Crippen LogP contribution in [0.5, 0.6) is 0 Å². The van der Waals surface area contributed by atoms with E-state index in [1.54, 1.807) is 11.3 Å². The highest BCUT2D eigenvalue weighted by atomic mass is 32.1. The summed E-state index contributed by atoms with van der Waals surface area (Å²) in [5, 5.41) is 4.47. The van der Waals surface area contributed by atoms with Crippen LogP contribution in [0.4, 0.5) is 0 Å². The fourth-order valence-electron chi connectivity index (χ4n) is 2.18. The van der Waals surface area contributed by atoms with Gasteiger partial charge in [-0.3, -0.25) is 4.98 Å². The number of nitrogens with one attached hydrogen (secondary N) is 1. The molecule has 2 aromatic heterocycles. The number of para-hydroxylation sites is 1. The van der Waals surface area contributed by atoms with Gasteiger partial charge in [-0.1, -0.05) is 18.2 Å². The molecule has 0 spiro atoms. The standard InChI is InChI=1S/C16H17N3S/c1-11-7-8-12(18-10-11)9-14(17-2)16-19-13-5-3-4-6-15(13)20-16/h3-8,10,14,17H,9H2,1-2H3. The normalized spacial score (nSPS) is 12.7. The number of rotatable bonds is 4. The van der Waals surface area contributed by atoms with Gasteiger partial charge in [-0.15, -0.1) is 11.3 Å². The minimum atomic E-state index is 0.211. The Hall–Kier alpha value is -1.78. The third kappa shape index (κ3) is 2.71. The number of likely N-dealkylation sites (N-methyl/N-ethyl adjacent to an activating group) is 1. The lowest BCUT2D eigenvalue weighted by Crippen LogP contribution is -2.19. The Balaban J connectivity index is 1.87. The van der Waals surface area contributed by atoms with Crippen molar-refractivity contribution in [2.75, 3.05) is 7.05 Å². The highest BCUT2D eigenvalue weighted by Crippen LogP contribution is 2.27. The van der Waals surface area contributed by atoms with Crippen LogP contribution in [0.15, 0.2) is 42.6 Å². The molecule has 1 aromatic carbocycles. The number of aryl methyl sites for hydroxylation is 1. The van der Waals surface area contributed by atoms with Gasteiger partial charge in [0.1, 0.15) is 5.01 Å². The van der Waals surface area contributed by atoms with Crippen LogP contribution in [0.25, 0.3) is 10.2 Å². The van der Waals surface area contributed by atoms with Crippen molar-refractivity contribution in [2.24, 2.45) is 0 Å². The molecule has 102 valence electrons. The summed E-state index contributed by atoms with van der Waals surface area (Å²) in [5.74, 6) is 0. The quantitative estimate of drug-likeness (QED) is 0.796. The summed E-state index contributed by atoms with van der Waals surface area (Å²) in [7, 11) is 1.98. The van der Waals surface area contributed by atoms with Crippen LogP contribution in [0.2, 0.25) is 0 Å². The number of aromatic nitrogens is 2. The molecule has 2 heterocycles. The highest BCUT2D eigenvalue weighted by Gasteiger charge is 2.15. The van der Waals surface area contributed by atoms with E-state index in [2.05, 4.69) is 47.6 Å². The molecule has 0 saturated carbocycles. The number of nitrogens with zero attached hydrogens (tertiary/aromatic N) is 2. The van der Waals surface area contributed by atoms with Crippen molar-refractivity contribution in [3.05, 3.63) is 58.9 Å². The van der Waals surface area contributed by atoms with Crippen LogP contribution in [-0.4, -0.2) is 17.0 Å². The van der Waals surface area contributed by atoms with E-state index in [0.29, 0.717) is 0 Å². The first kappa shape index (κ1) is 13.2. The summed E-state index contributed by atoms with van der Waals surface area (Å²) in [5.41, 5.74) is 3.36. The molecule has 0 radical (unpaired) electrons. The molecular formula is C16H17N3S. The lowest BCUT2D eigenvalue weighted by molar-refractivity contribution is 0.582. The number of benzene rings is 1. The largest absolute Gasteiger partial charge is 0.311 e. The Bertz CT molecular complexity index is 670. The predicted molar refractivity (Wildman–Crippen MR) is 84.1 cm³/mol. The Kier molecular flexibility index (Phi) is 3.76. The second-order valence-electron chi connectivity index (χ2n) is 4.89. The van der Waals surface area contributed by atoms with Crippen LogP contribution >= 0.6 is 11.3 Å². The van der Waals surface area contributed by atoms with Crippen molar-refractivity contribution < 1.29 is 0 Å². The molecule has 1 N–H and O–H groups in total. The first-order valence-electron chi connectivity index (χ1n) is 6.70. The number of fused-ring (bicyclic) bond motifs is 1. The van der Waals surface area contributed by atoms with E-state index in [1.807, 2.05) is 19.3 Å². The van der Waals surface area contributed by atoms with Crippen LogP contribution in [-0.2, 0) is 6.42 Å². The molecule has 0 amide bonds. The van der Waals surface area contributed by atoms with Crippen LogP contribution in [0.3, 0.4) is 0 Å². The van der Waals surface area contributed by atoms with Crippen molar-refractivity contribution in [1.29, 1.82) is 0 Å². The lowest BCUT2D eigenvalue weighted by atomic mass is 10.1. The van der Waals surface area contributed by atoms with Gasteiger partial charge in [0.15, 0.2) is 0 Å². The third-order valence-electron chi connectivity index (χ3n) is 3.34. The molecule has 0 aliphatic carbocycles. The minimum Gasteiger partial charge on any atom is -0.311 e. The zero-order valence-corrected chi connectivity index (χ0v) is 12.4. The van der Waals surface area contributed by atoms with Gasteiger partial charge < -0.3 is 5.32 Å². The number of pyridine rings is 1. The maximum absolute atomic E-state index is 4.73. The molecule has 20 heavy (non-hydrogen) atoms. The maximum atomic E-state index is 4.73. The molecule has 3 nitrogen and oxygen atoms in total. The summed E-state index contributed by atoms with van der Waals surface area (Å²) in [4.78, 5) is 9.21. The van der Waals surface area contributed by atoms with Crippen LogP contribution in [0, 0.1) is 6.92 Å². The smallest absolute Gasteiger partial charge is 0.111 e. The molecule has 0 aliphatic heterocycles. The Morgan fingerprint density at radius 2 is 2.05 bits per heavy atom. The molecular weight excluding hydrogens is 266 g/mol. The third-order valence-corrected chi connectivity index (χ3v) is 4.49. The van der Waals surface area contributed by atoms with Crippen molar-refractivity contribution in [3.63, 3.8) is 0 Å². The number of hydrogen-bond donors (Lipinski definition) is 1. The van der Waals surface area contributed by atoms with E-state index in [0.717, 1.165) is 22.6 Å². The fraction of sp³-hybridized carbons (Fsp3) is 0.250. The van der Waals surface area contributed by atoms with E-state index in [1.165, 1.54) is 10.3 Å². The van der Waals surface area contributed by atoms with E-state index >= 15 is 0 Å². The van der Waals surface area contributed by atoms with Gasteiger partial charge in [0.2, 0.25) is 0 Å². The van der Waals surface area contributed by atoms with E-state index < -0.39 is 0 Å². The second-order valence-corrected chi connectivity index (χ2v) is 5.95. The summed E-state index contributed by atoms with van der Waals surface area (Å²) in [6, 6.07) is 12.7. The maximum Gasteiger partial charge on any atom is 0.111 e. The molecule has 0 aliphatic rings. The topological polar surface area (TPSA) is 37.8 Å². The molecule has 0 saturated heterocycles. The number of hydrogen-bond acceptors (Lipinski definition) is 4. The average molecular weight is 283 g/mol. The minimum absolute atomic E-state index is 0.211. The van der Waals surface area contributed by atoms with Gasteiger partial charge in [0.05, 0.1) is 16.3 Å². The van der Waals surface area contributed by atoms with Crippen LogP contribution in [0.1, 0.15) is 22.3 Å². The van der Waals surface area contributed by atoms with E-state index in [4.69, 9.17) is 4.98 Å². The van der Waals surface area contributed by atoms with Gasteiger partial charge in [-0.25, -0.2) is 4.98 Å². The van der Waals surface area contributed by atoms with Crippen molar-refractivity contribution in [2.45, 2.75) is 19.4 Å². The zero-order valence-electron chi connectivity index (χ0n) is 11.6. The fourth-order valence-corrected chi connectivity index (χ4v) is 3.26. The summed E-state index contributed by atoms with van der Waals surface area (Å²) in [6.45, 7) is 2.06. The van der Waals surface area contributed by atoms with Gasteiger partial charge in [0.25, 0.3) is 0 Å². The van der Waals surface area contributed by atoms with Crippen molar-refractivity contribution in [1.82, 2.24) is 15.3 Å². The Morgan fingerprint density at radius 1 is 1.20 bits per heavy atom. The lowest BCUT2D eigenvalue weighted by Gasteiger charge is -2.12. The second kappa shape index (κ2) is 5.69. The van der Waals surface area contributed by atoms with Gasteiger partial charge in [-0.05, 0) is 37.7 Å². The predicted octanol–water partition coefficient (Wildman–Crippen LogP) is 3.50. The summed E-state index contributed by atoms with van der Waals surface area (Å²) >= 11 is 1.75. The van der Waals surface area contributed by atoms with Crippen LogP contribution < -0.4 is 5.32 Å². The SMILES string of the molecule is CNC(Cc1ccc(C)cn1)c1nc2ccccc2s1. The first-order chi connectivity index (χ1) is 9.76. The molecule has 0 fully saturated rings. The summed E-state index contributed by atoms with van der Waals surface area (Å²) < 4.78 is 1.24. The van der Waals surface area contributed by atoms with E-state index in [9.17, 15) is 0 Å². The highest BCUT2D eigenvalue weighted by molar-refractivity contribution is 7.18. The first-order valence-corrected chi connectivity index (χ1v) is 7.52. The average Bonchev–Trinajstić information content (AvgIpc) is 2.90. The van der Waals surface area contributed by atoms with Gasteiger partial charge in [-0.2, -0.15) is 0 Å². The van der Waals surface area contributed by atoms with Crippen molar-refractivity contribution in [3.8, 4) is 0 Å². The molecule has 1 unspecified atom stereocenters. The molecule has 0 bridgehead atoms. The Morgan fingerprint density at radius 3 is 2.75 bits per heavy atom.